The van der Waals surface area contributed by atoms with E-state index in [0.29, 0.717) is 15.8 Å². The zero-order chi connectivity index (χ0) is 16.7. The van der Waals surface area contributed by atoms with Crippen LogP contribution in [-0.2, 0) is 20.9 Å². The maximum Gasteiger partial charge on any atom is 0.375 e. The maximum absolute atomic E-state index is 11.7. The van der Waals surface area contributed by atoms with E-state index < -0.39 is 11.8 Å². The average Bonchev–Trinajstić information content (AvgIpc) is 2.56. The van der Waals surface area contributed by atoms with Crippen LogP contribution < -0.4 is 4.74 Å². The van der Waals surface area contributed by atoms with Crippen molar-refractivity contribution in [3.63, 3.8) is 0 Å². The molecule has 6 heteroatoms. The molecule has 0 atom stereocenters. The minimum absolute atomic E-state index is 0.0132. The van der Waals surface area contributed by atoms with Crippen molar-refractivity contribution in [1.82, 2.24) is 0 Å². The van der Waals surface area contributed by atoms with Crippen LogP contribution in [0.15, 0.2) is 48.5 Å². The standard InChI is InChI=1S/C17H14Cl2O4/c18-13-6-7-14(19)16(10-13)22-9-8-15(20)17(21)23-11-12-4-2-1-3-5-12/h1-7,10H,8-9,11H2. The average molecular weight is 353 g/mol. The molecule has 0 fully saturated rings. The largest absolute Gasteiger partial charge is 0.491 e. The van der Waals surface area contributed by atoms with E-state index in [1.165, 1.54) is 0 Å². The summed E-state index contributed by atoms with van der Waals surface area (Å²) in [5, 5.41) is 0.853. The third kappa shape index (κ3) is 5.58. The van der Waals surface area contributed by atoms with Crippen LogP contribution in [0.2, 0.25) is 10.0 Å². The molecule has 2 rings (SSSR count). The van der Waals surface area contributed by atoms with Crippen molar-refractivity contribution in [2.45, 2.75) is 13.0 Å². The summed E-state index contributed by atoms with van der Waals surface area (Å²) in [5.74, 6) is -1.17. The Hall–Kier alpha value is -2.04. The summed E-state index contributed by atoms with van der Waals surface area (Å²) < 4.78 is 10.3. The van der Waals surface area contributed by atoms with Crippen LogP contribution in [0.5, 0.6) is 5.75 Å². The number of carbonyl (C=O) groups excluding carboxylic acids is 2. The Bertz CT molecular complexity index is 686. The van der Waals surface area contributed by atoms with Gasteiger partial charge < -0.3 is 9.47 Å². The number of benzene rings is 2. The van der Waals surface area contributed by atoms with E-state index in [1.807, 2.05) is 30.3 Å². The fraction of sp³-hybridized carbons (Fsp3) is 0.176. The Morgan fingerprint density at radius 2 is 1.74 bits per heavy atom. The van der Waals surface area contributed by atoms with E-state index in [4.69, 9.17) is 32.7 Å². The van der Waals surface area contributed by atoms with Gasteiger partial charge in [0.1, 0.15) is 12.4 Å². The topological polar surface area (TPSA) is 52.6 Å². The lowest BCUT2D eigenvalue weighted by Gasteiger charge is -2.08. The predicted molar refractivity (Wildman–Crippen MR) is 87.8 cm³/mol. The number of ether oxygens (including phenoxy) is 2. The number of esters is 1. The number of rotatable bonds is 7. The van der Waals surface area contributed by atoms with E-state index in [2.05, 4.69) is 0 Å². The second kappa shape index (κ2) is 8.56. The predicted octanol–water partition coefficient (Wildman–Crippen LogP) is 4.07. The summed E-state index contributed by atoms with van der Waals surface area (Å²) in [4.78, 5) is 23.3. The first-order valence-corrected chi connectivity index (χ1v) is 7.63. The van der Waals surface area contributed by atoms with Crippen LogP contribution in [0.25, 0.3) is 0 Å². The van der Waals surface area contributed by atoms with Crippen LogP contribution >= 0.6 is 23.2 Å². The van der Waals surface area contributed by atoms with Crippen molar-refractivity contribution in [3.8, 4) is 5.75 Å². The van der Waals surface area contributed by atoms with Gasteiger partial charge in [-0.3, -0.25) is 4.79 Å². The van der Waals surface area contributed by atoms with Crippen LogP contribution in [0.1, 0.15) is 12.0 Å². The van der Waals surface area contributed by atoms with Gasteiger partial charge in [-0.05, 0) is 17.7 Å². The zero-order valence-electron chi connectivity index (χ0n) is 12.1. The highest BCUT2D eigenvalue weighted by Gasteiger charge is 2.16. The highest BCUT2D eigenvalue weighted by Crippen LogP contribution is 2.27. The van der Waals surface area contributed by atoms with Gasteiger partial charge in [-0.15, -0.1) is 0 Å². The number of carbonyl (C=O) groups is 2. The lowest BCUT2D eigenvalue weighted by atomic mass is 10.2. The molecule has 0 spiro atoms. The van der Waals surface area contributed by atoms with E-state index in [9.17, 15) is 9.59 Å². The first-order chi connectivity index (χ1) is 11.1. The summed E-state index contributed by atoms with van der Waals surface area (Å²) in [6, 6.07) is 13.9. The van der Waals surface area contributed by atoms with Crippen molar-refractivity contribution in [2.24, 2.45) is 0 Å². The van der Waals surface area contributed by atoms with E-state index in [1.54, 1.807) is 18.2 Å². The van der Waals surface area contributed by atoms with Crippen LogP contribution in [0, 0.1) is 0 Å². The van der Waals surface area contributed by atoms with Crippen LogP contribution in [0.4, 0.5) is 0 Å². The normalized spacial score (nSPS) is 10.2. The second-order valence-electron chi connectivity index (χ2n) is 4.66. The first-order valence-electron chi connectivity index (χ1n) is 6.88. The Balaban J connectivity index is 1.76. The van der Waals surface area contributed by atoms with Crippen molar-refractivity contribution in [3.05, 3.63) is 64.1 Å². The molecule has 2 aromatic carbocycles. The molecule has 2 aromatic rings. The minimum Gasteiger partial charge on any atom is -0.491 e. The molecule has 0 aliphatic carbocycles. The molecule has 0 unspecified atom stereocenters. The highest BCUT2D eigenvalue weighted by molar-refractivity contribution is 6.34. The number of hydrogen-bond donors (Lipinski definition) is 0. The monoisotopic (exact) mass is 352 g/mol. The molecule has 120 valence electrons. The van der Waals surface area contributed by atoms with Gasteiger partial charge in [0.2, 0.25) is 5.78 Å². The van der Waals surface area contributed by atoms with Gasteiger partial charge in [0, 0.05) is 11.1 Å². The number of hydrogen-bond acceptors (Lipinski definition) is 4. The Morgan fingerprint density at radius 3 is 2.48 bits per heavy atom. The fourth-order valence-corrected chi connectivity index (χ4v) is 2.08. The van der Waals surface area contributed by atoms with Gasteiger partial charge in [0.05, 0.1) is 18.1 Å². The van der Waals surface area contributed by atoms with Crippen molar-refractivity contribution >= 4 is 35.0 Å². The Kier molecular flexibility index (Phi) is 6.44. The van der Waals surface area contributed by atoms with Gasteiger partial charge >= 0.3 is 5.97 Å². The van der Waals surface area contributed by atoms with Crippen molar-refractivity contribution in [2.75, 3.05) is 6.61 Å². The Labute approximate surface area is 143 Å². The zero-order valence-corrected chi connectivity index (χ0v) is 13.6. The molecule has 0 aliphatic rings. The van der Waals surface area contributed by atoms with Crippen LogP contribution in [0.3, 0.4) is 0 Å². The third-order valence-electron chi connectivity index (χ3n) is 2.92. The van der Waals surface area contributed by atoms with E-state index >= 15 is 0 Å². The summed E-state index contributed by atoms with van der Waals surface area (Å²) >= 11 is 11.8. The van der Waals surface area contributed by atoms with E-state index in [0.717, 1.165) is 5.56 Å². The number of halogens is 2. The molecular formula is C17H14Cl2O4. The molecule has 0 amide bonds. The lowest BCUT2D eigenvalue weighted by Crippen LogP contribution is -2.19. The van der Waals surface area contributed by atoms with Gasteiger partial charge in [-0.1, -0.05) is 53.5 Å². The summed E-state index contributed by atoms with van der Waals surface area (Å²) in [5.41, 5.74) is 0.815. The molecule has 4 nitrogen and oxygen atoms in total. The summed E-state index contributed by atoms with van der Waals surface area (Å²) in [6.07, 6.45) is -0.101. The third-order valence-corrected chi connectivity index (χ3v) is 3.47. The molecular weight excluding hydrogens is 339 g/mol. The summed E-state index contributed by atoms with van der Waals surface area (Å²) in [7, 11) is 0. The molecule has 0 N–H and O–H groups in total. The van der Waals surface area contributed by atoms with Gasteiger partial charge in [-0.2, -0.15) is 0 Å². The SMILES string of the molecule is O=C(CCOc1cc(Cl)ccc1Cl)C(=O)OCc1ccccc1. The highest BCUT2D eigenvalue weighted by atomic mass is 35.5. The number of ketones is 1. The molecule has 0 bridgehead atoms. The van der Waals surface area contributed by atoms with Gasteiger partial charge in [0.15, 0.2) is 0 Å². The fourth-order valence-electron chi connectivity index (χ4n) is 1.75. The van der Waals surface area contributed by atoms with Gasteiger partial charge in [-0.25, -0.2) is 4.79 Å². The molecule has 0 aliphatic heterocycles. The molecule has 0 heterocycles. The second-order valence-corrected chi connectivity index (χ2v) is 5.50. The Morgan fingerprint density at radius 1 is 1.00 bits per heavy atom. The maximum atomic E-state index is 11.7. The van der Waals surface area contributed by atoms with Crippen LogP contribution in [-0.4, -0.2) is 18.4 Å². The number of Topliss-reactive ketones (excluding diaryl/α,β-unsaturated/α-hetero) is 1. The quantitative estimate of drug-likeness (QED) is 0.556. The van der Waals surface area contributed by atoms with Crippen molar-refractivity contribution in [1.29, 1.82) is 0 Å². The first kappa shape index (κ1) is 17.3. The molecule has 0 aromatic heterocycles. The molecule has 0 radical (unpaired) electrons. The lowest BCUT2D eigenvalue weighted by molar-refractivity contribution is -0.155. The molecule has 23 heavy (non-hydrogen) atoms. The summed E-state index contributed by atoms with van der Waals surface area (Å²) in [6.45, 7) is 0.0751. The molecule has 0 saturated heterocycles. The smallest absolute Gasteiger partial charge is 0.375 e. The minimum atomic E-state index is -0.880. The van der Waals surface area contributed by atoms with Crippen molar-refractivity contribution < 1.29 is 19.1 Å². The van der Waals surface area contributed by atoms with Gasteiger partial charge in [0.25, 0.3) is 0 Å². The van der Waals surface area contributed by atoms with E-state index in [-0.39, 0.29) is 19.6 Å². The molecule has 0 saturated carbocycles.